The van der Waals surface area contributed by atoms with Crippen molar-refractivity contribution < 1.29 is 4.42 Å². The van der Waals surface area contributed by atoms with E-state index in [-0.39, 0.29) is 0 Å². The predicted molar refractivity (Wildman–Crippen MR) is 157 cm³/mol. The van der Waals surface area contributed by atoms with Gasteiger partial charge in [0.2, 0.25) is 0 Å². The van der Waals surface area contributed by atoms with E-state index >= 15 is 0 Å². The molecule has 0 bridgehead atoms. The normalized spacial score (nSPS) is 11.7. The average Bonchev–Trinajstić information content (AvgIpc) is 3.53. The van der Waals surface area contributed by atoms with Crippen molar-refractivity contribution in [2.24, 2.45) is 0 Å². The Hall–Kier alpha value is -5.15. The van der Waals surface area contributed by atoms with Gasteiger partial charge in [-0.2, -0.15) is 0 Å². The lowest BCUT2D eigenvalue weighted by Gasteiger charge is -2.10. The number of benzene rings is 5. The fraction of sp³-hybridized carbons (Fsp3) is 0. The van der Waals surface area contributed by atoms with E-state index < -0.39 is 0 Å². The first-order valence-electron chi connectivity index (χ1n) is 12.8. The summed E-state index contributed by atoms with van der Waals surface area (Å²) in [7, 11) is 0. The largest absolute Gasteiger partial charge is 0.456 e. The lowest BCUT2D eigenvalue weighted by molar-refractivity contribution is 0.669. The topological polar surface area (TPSA) is 31.0 Å². The van der Waals surface area contributed by atoms with Gasteiger partial charge in [0.15, 0.2) is 0 Å². The van der Waals surface area contributed by atoms with Crippen molar-refractivity contribution in [2.45, 2.75) is 0 Å². The molecule has 0 atom stereocenters. The van der Waals surface area contributed by atoms with Crippen LogP contribution in [-0.2, 0) is 0 Å². The molecule has 0 amide bonds. The van der Waals surface area contributed by atoms with E-state index in [2.05, 4.69) is 108 Å². The molecule has 0 N–H and O–H groups in total. The van der Waals surface area contributed by atoms with Crippen LogP contribution in [0.1, 0.15) is 0 Å². The smallest absolute Gasteiger partial charge is 0.137 e. The fourth-order valence-electron chi connectivity index (χ4n) is 5.70. The molecule has 0 unspecified atom stereocenters. The van der Waals surface area contributed by atoms with Gasteiger partial charge in [-0.05, 0) is 48.5 Å². The molecular weight excluding hydrogens is 464 g/mol. The number of para-hydroxylation sites is 2. The van der Waals surface area contributed by atoms with Crippen molar-refractivity contribution >= 4 is 43.7 Å². The maximum absolute atomic E-state index is 6.22. The first kappa shape index (κ1) is 21.0. The van der Waals surface area contributed by atoms with Crippen molar-refractivity contribution in [3.8, 4) is 28.2 Å². The van der Waals surface area contributed by atoms with Gasteiger partial charge in [0.05, 0.1) is 33.5 Å². The molecule has 5 aromatic carbocycles. The minimum absolute atomic E-state index is 0.896. The molecule has 3 aromatic heterocycles. The van der Waals surface area contributed by atoms with E-state index in [4.69, 9.17) is 9.40 Å². The molecule has 3 heterocycles. The number of furan rings is 1. The van der Waals surface area contributed by atoms with Gasteiger partial charge < -0.3 is 8.98 Å². The number of hydrogen-bond acceptors (Lipinski definition) is 2. The monoisotopic (exact) mass is 486 g/mol. The van der Waals surface area contributed by atoms with Gasteiger partial charge in [0.25, 0.3) is 0 Å². The molecule has 0 spiro atoms. The Labute approximate surface area is 219 Å². The Morgan fingerprint density at radius 2 is 1.16 bits per heavy atom. The fourth-order valence-corrected chi connectivity index (χ4v) is 5.70. The third kappa shape index (κ3) is 3.12. The maximum atomic E-state index is 6.22. The summed E-state index contributed by atoms with van der Waals surface area (Å²) >= 11 is 0. The number of aromatic nitrogens is 2. The second kappa shape index (κ2) is 8.19. The molecule has 0 saturated carbocycles. The SMILES string of the molecule is c1ccc(-c2cccc(-c3ccc4c(c3)c3ccccc3n4-c3cccc4oc5ccccc5c34)n2)cc1. The third-order valence-corrected chi connectivity index (χ3v) is 7.41. The zero-order valence-electron chi connectivity index (χ0n) is 20.5. The predicted octanol–water partition coefficient (Wildman–Crippen LogP) is 9.41. The quantitative estimate of drug-likeness (QED) is 0.249. The van der Waals surface area contributed by atoms with Crippen LogP contribution < -0.4 is 0 Å². The standard InChI is InChI=1S/C35H22N2O/c1-2-10-23(11-3-1)28-14-8-15-29(36-28)24-20-21-31-27(22-24)25-12-4-6-16-30(25)37(31)32-17-9-19-34-35(32)26-13-5-7-18-33(26)38-34/h1-22H. The number of rotatable bonds is 3. The van der Waals surface area contributed by atoms with Gasteiger partial charge >= 0.3 is 0 Å². The van der Waals surface area contributed by atoms with Crippen LogP contribution in [0.25, 0.3) is 71.9 Å². The Morgan fingerprint density at radius 1 is 0.474 bits per heavy atom. The molecule has 178 valence electrons. The van der Waals surface area contributed by atoms with E-state index in [0.717, 1.165) is 55.7 Å². The van der Waals surface area contributed by atoms with Crippen LogP contribution in [0, 0.1) is 0 Å². The number of hydrogen-bond donors (Lipinski definition) is 0. The number of fused-ring (bicyclic) bond motifs is 6. The Balaban J connectivity index is 1.38. The summed E-state index contributed by atoms with van der Waals surface area (Å²) in [6, 6.07) is 46.5. The summed E-state index contributed by atoms with van der Waals surface area (Å²) in [5.41, 5.74) is 9.41. The van der Waals surface area contributed by atoms with Gasteiger partial charge in [-0.25, -0.2) is 4.98 Å². The summed E-state index contributed by atoms with van der Waals surface area (Å²) in [5, 5.41) is 4.68. The third-order valence-electron chi connectivity index (χ3n) is 7.41. The zero-order chi connectivity index (χ0) is 25.1. The molecule has 3 nitrogen and oxygen atoms in total. The minimum Gasteiger partial charge on any atom is -0.456 e. The second-order valence-electron chi connectivity index (χ2n) is 9.61. The van der Waals surface area contributed by atoms with Crippen LogP contribution in [0.15, 0.2) is 138 Å². The Kier molecular flexibility index (Phi) is 4.52. The van der Waals surface area contributed by atoms with E-state index in [1.165, 1.54) is 16.3 Å². The van der Waals surface area contributed by atoms with Crippen molar-refractivity contribution in [2.75, 3.05) is 0 Å². The number of pyridine rings is 1. The van der Waals surface area contributed by atoms with Gasteiger partial charge in [-0.15, -0.1) is 0 Å². The lowest BCUT2D eigenvalue weighted by atomic mass is 10.1. The Bertz CT molecular complexity index is 2130. The number of nitrogens with zero attached hydrogens (tertiary/aromatic N) is 2. The highest BCUT2D eigenvalue weighted by Gasteiger charge is 2.18. The summed E-state index contributed by atoms with van der Waals surface area (Å²) in [6.07, 6.45) is 0. The minimum atomic E-state index is 0.896. The van der Waals surface area contributed by atoms with Crippen molar-refractivity contribution in [3.63, 3.8) is 0 Å². The molecule has 38 heavy (non-hydrogen) atoms. The van der Waals surface area contributed by atoms with Crippen molar-refractivity contribution in [3.05, 3.63) is 133 Å². The average molecular weight is 487 g/mol. The van der Waals surface area contributed by atoms with Crippen LogP contribution in [0.3, 0.4) is 0 Å². The van der Waals surface area contributed by atoms with E-state index in [0.29, 0.717) is 0 Å². The van der Waals surface area contributed by atoms with Crippen LogP contribution in [0.4, 0.5) is 0 Å². The highest BCUT2D eigenvalue weighted by Crippen LogP contribution is 2.39. The molecular formula is C35H22N2O. The molecule has 0 radical (unpaired) electrons. The molecule has 0 aliphatic heterocycles. The summed E-state index contributed by atoms with van der Waals surface area (Å²) in [4.78, 5) is 5.01. The molecule has 3 heteroatoms. The second-order valence-corrected chi connectivity index (χ2v) is 9.61. The first-order valence-corrected chi connectivity index (χ1v) is 12.8. The summed E-state index contributed by atoms with van der Waals surface area (Å²) in [6.45, 7) is 0. The van der Waals surface area contributed by atoms with Gasteiger partial charge in [0.1, 0.15) is 11.2 Å². The lowest BCUT2D eigenvalue weighted by Crippen LogP contribution is -1.94. The van der Waals surface area contributed by atoms with Gasteiger partial charge in [-0.3, -0.25) is 0 Å². The summed E-state index contributed by atoms with van der Waals surface area (Å²) < 4.78 is 8.59. The summed E-state index contributed by atoms with van der Waals surface area (Å²) in [5.74, 6) is 0. The Morgan fingerprint density at radius 3 is 2.05 bits per heavy atom. The molecule has 0 fully saturated rings. The van der Waals surface area contributed by atoms with Crippen LogP contribution >= 0.6 is 0 Å². The van der Waals surface area contributed by atoms with Crippen molar-refractivity contribution in [1.29, 1.82) is 0 Å². The highest BCUT2D eigenvalue weighted by atomic mass is 16.3. The molecule has 0 aliphatic carbocycles. The van der Waals surface area contributed by atoms with E-state index in [9.17, 15) is 0 Å². The van der Waals surface area contributed by atoms with E-state index in [1.54, 1.807) is 0 Å². The van der Waals surface area contributed by atoms with Gasteiger partial charge in [-0.1, -0.05) is 84.9 Å². The van der Waals surface area contributed by atoms with Gasteiger partial charge in [0, 0.05) is 27.3 Å². The zero-order valence-corrected chi connectivity index (χ0v) is 20.5. The first-order chi connectivity index (χ1) is 18.8. The maximum Gasteiger partial charge on any atom is 0.137 e. The highest BCUT2D eigenvalue weighted by molar-refractivity contribution is 6.14. The van der Waals surface area contributed by atoms with Crippen molar-refractivity contribution in [1.82, 2.24) is 9.55 Å². The molecule has 0 saturated heterocycles. The van der Waals surface area contributed by atoms with Crippen LogP contribution in [0.5, 0.6) is 0 Å². The molecule has 8 rings (SSSR count). The van der Waals surface area contributed by atoms with Crippen LogP contribution in [0.2, 0.25) is 0 Å². The molecule has 0 aliphatic rings. The molecule has 8 aromatic rings. The van der Waals surface area contributed by atoms with E-state index in [1.807, 2.05) is 30.3 Å². The van der Waals surface area contributed by atoms with Crippen LogP contribution in [-0.4, -0.2) is 9.55 Å².